The zero-order valence-corrected chi connectivity index (χ0v) is 13.1. The lowest BCUT2D eigenvalue weighted by molar-refractivity contribution is -0.385. The molecule has 0 radical (unpaired) electrons. The molecule has 1 aromatic carbocycles. The van der Waals surface area contributed by atoms with Gasteiger partial charge in [-0.25, -0.2) is 0 Å². The van der Waals surface area contributed by atoms with Gasteiger partial charge in [-0.05, 0) is 19.0 Å². The molecular weight excluding hydrogens is 324 g/mol. The van der Waals surface area contributed by atoms with Crippen LogP contribution in [-0.4, -0.2) is 54.4 Å². The first kappa shape index (κ1) is 17.2. The van der Waals surface area contributed by atoms with Gasteiger partial charge in [-0.2, -0.15) is 0 Å². The van der Waals surface area contributed by atoms with Crippen molar-refractivity contribution in [1.82, 2.24) is 15.5 Å². The Balaban J connectivity index is 2.02. The van der Waals surface area contributed by atoms with Crippen molar-refractivity contribution in [3.05, 3.63) is 38.9 Å². The quantitative estimate of drug-likeness (QED) is 0.623. The predicted octanol–water partition coefficient (Wildman–Crippen LogP) is 0.800. The van der Waals surface area contributed by atoms with Gasteiger partial charge in [-0.1, -0.05) is 17.7 Å². The second kappa shape index (κ2) is 7.89. The van der Waals surface area contributed by atoms with Crippen LogP contribution in [0.25, 0.3) is 0 Å². The first-order chi connectivity index (χ1) is 11.0. The van der Waals surface area contributed by atoms with Crippen molar-refractivity contribution in [3.63, 3.8) is 0 Å². The molecule has 0 atom stereocenters. The van der Waals surface area contributed by atoms with E-state index in [4.69, 9.17) is 11.6 Å². The zero-order chi connectivity index (χ0) is 16.8. The number of nitrogens with zero attached hydrogens (tertiary/aromatic N) is 2. The summed E-state index contributed by atoms with van der Waals surface area (Å²) < 4.78 is 0. The summed E-state index contributed by atoms with van der Waals surface area (Å²) in [5, 5.41) is 16.6. The molecule has 0 saturated carbocycles. The summed E-state index contributed by atoms with van der Waals surface area (Å²) in [6.45, 7) is 2.52. The molecular formula is C14H17ClN4O4. The van der Waals surface area contributed by atoms with Crippen molar-refractivity contribution in [2.45, 2.75) is 6.42 Å². The Hall–Kier alpha value is -2.19. The van der Waals surface area contributed by atoms with Crippen molar-refractivity contribution >= 4 is 29.1 Å². The summed E-state index contributed by atoms with van der Waals surface area (Å²) in [6.07, 6.45) is 0.843. The Labute approximate surface area is 137 Å². The molecule has 1 aliphatic rings. The van der Waals surface area contributed by atoms with Gasteiger partial charge in [0.05, 0.1) is 16.5 Å². The minimum atomic E-state index is -0.733. The van der Waals surface area contributed by atoms with Crippen LogP contribution in [0.1, 0.15) is 16.8 Å². The van der Waals surface area contributed by atoms with E-state index in [1.807, 2.05) is 0 Å². The third kappa shape index (κ3) is 4.40. The van der Waals surface area contributed by atoms with Crippen LogP contribution in [0.4, 0.5) is 5.69 Å². The number of nitrogens with one attached hydrogen (secondary N) is 2. The highest BCUT2D eigenvalue weighted by Gasteiger charge is 2.24. The van der Waals surface area contributed by atoms with Crippen LogP contribution in [0.5, 0.6) is 0 Å². The minimum absolute atomic E-state index is 0.0249. The number of carbonyl (C=O) groups is 2. The average Bonchev–Trinajstić information content (AvgIpc) is 2.81. The number of carbonyl (C=O) groups excluding carboxylic acids is 2. The lowest BCUT2D eigenvalue weighted by Gasteiger charge is -2.20. The number of hydrogen-bond donors (Lipinski definition) is 2. The summed E-state index contributed by atoms with van der Waals surface area (Å²) >= 11 is 5.89. The summed E-state index contributed by atoms with van der Waals surface area (Å²) in [5.74, 6) is -0.958. The molecule has 0 bridgehead atoms. The Morgan fingerprint density at radius 3 is 2.87 bits per heavy atom. The Kier molecular flexibility index (Phi) is 5.89. The average molecular weight is 341 g/mol. The summed E-state index contributed by atoms with van der Waals surface area (Å²) in [5.41, 5.74) is -0.620. The van der Waals surface area contributed by atoms with E-state index in [1.165, 1.54) is 18.2 Å². The predicted molar refractivity (Wildman–Crippen MR) is 84.5 cm³/mol. The third-order valence-electron chi connectivity index (χ3n) is 3.51. The van der Waals surface area contributed by atoms with E-state index < -0.39 is 10.8 Å². The molecule has 2 amide bonds. The molecule has 1 saturated heterocycles. The van der Waals surface area contributed by atoms with Gasteiger partial charge in [0.25, 0.3) is 11.6 Å². The molecule has 8 nitrogen and oxygen atoms in total. The maximum atomic E-state index is 12.2. The van der Waals surface area contributed by atoms with E-state index in [9.17, 15) is 19.7 Å². The van der Waals surface area contributed by atoms with Gasteiger partial charge in [0.1, 0.15) is 5.56 Å². The van der Waals surface area contributed by atoms with Crippen molar-refractivity contribution < 1.29 is 14.5 Å². The maximum Gasteiger partial charge on any atom is 0.283 e. The standard InChI is InChI=1S/C14H17ClN4O4/c15-10-3-1-4-11(19(22)23)13(10)14(21)17-9-12(20)18-7-2-5-16-6-8-18/h1,3-4,16H,2,5-9H2,(H,17,21). The van der Waals surface area contributed by atoms with Gasteiger partial charge >= 0.3 is 0 Å². The Bertz CT molecular complexity index is 615. The van der Waals surface area contributed by atoms with Crippen LogP contribution >= 0.6 is 11.6 Å². The molecule has 0 spiro atoms. The number of hydrogen-bond acceptors (Lipinski definition) is 5. The van der Waals surface area contributed by atoms with Gasteiger partial charge in [0.2, 0.25) is 5.91 Å². The van der Waals surface area contributed by atoms with Crippen LogP contribution in [0.2, 0.25) is 5.02 Å². The number of rotatable bonds is 4. The van der Waals surface area contributed by atoms with Gasteiger partial charge in [-0.3, -0.25) is 19.7 Å². The van der Waals surface area contributed by atoms with Crippen LogP contribution in [0.15, 0.2) is 18.2 Å². The largest absolute Gasteiger partial charge is 0.343 e. The molecule has 9 heteroatoms. The van der Waals surface area contributed by atoms with Gasteiger partial charge in [0.15, 0.2) is 0 Å². The van der Waals surface area contributed by atoms with E-state index in [-0.39, 0.29) is 28.7 Å². The lowest BCUT2D eigenvalue weighted by atomic mass is 10.1. The van der Waals surface area contributed by atoms with Crippen LogP contribution < -0.4 is 10.6 Å². The molecule has 2 N–H and O–H groups in total. The Morgan fingerprint density at radius 2 is 2.13 bits per heavy atom. The van der Waals surface area contributed by atoms with Crippen molar-refractivity contribution in [3.8, 4) is 0 Å². The first-order valence-corrected chi connectivity index (χ1v) is 7.58. The molecule has 0 unspecified atom stereocenters. The minimum Gasteiger partial charge on any atom is -0.343 e. The SMILES string of the molecule is O=C(NCC(=O)N1CCCNCC1)c1c(Cl)cccc1[N+](=O)[O-]. The lowest BCUT2D eigenvalue weighted by Crippen LogP contribution is -2.41. The molecule has 1 fully saturated rings. The van der Waals surface area contributed by atoms with Gasteiger partial charge in [0, 0.05) is 25.7 Å². The second-order valence-corrected chi connectivity index (χ2v) is 5.47. The summed E-state index contributed by atoms with van der Waals surface area (Å²) in [7, 11) is 0. The molecule has 1 aromatic rings. The van der Waals surface area contributed by atoms with E-state index in [0.29, 0.717) is 19.6 Å². The zero-order valence-electron chi connectivity index (χ0n) is 12.4. The number of nitro benzene ring substituents is 1. The fraction of sp³-hybridized carbons (Fsp3) is 0.429. The van der Waals surface area contributed by atoms with Crippen LogP contribution in [-0.2, 0) is 4.79 Å². The molecule has 23 heavy (non-hydrogen) atoms. The monoisotopic (exact) mass is 340 g/mol. The highest BCUT2D eigenvalue weighted by atomic mass is 35.5. The number of halogens is 1. The number of benzene rings is 1. The highest BCUT2D eigenvalue weighted by molar-refractivity contribution is 6.34. The second-order valence-electron chi connectivity index (χ2n) is 5.06. The van der Waals surface area contributed by atoms with Crippen LogP contribution in [0, 0.1) is 10.1 Å². The summed E-state index contributed by atoms with van der Waals surface area (Å²) in [4.78, 5) is 36.2. The fourth-order valence-electron chi connectivity index (χ4n) is 2.34. The van der Waals surface area contributed by atoms with E-state index in [0.717, 1.165) is 13.0 Å². The fourth-order valence-corrected chi connectivity index (χ4v) is 2.60. The molecule has 0 aromatic heterocycles. The van der Waals surface area contributed by atoms with E-state index >= 15 is 0 Å². The summed E-state index contributed by atoms with van der Waals surface area (Å²) in [6, 6.07) is 3.99. The molecule has 0 aliphatic carbocycles. The highest BCUT2D eigenvalue weighted by Crippen LogP contribution is 2.25. The molecule has 1 heterocycles. The molecule has 1 aliphatic heterocycles. The maximum absolute atomic E-state index is 12.2. The third-order valence-corrected chi connectivity index (χ3v) is 3.82. The number of nitro groups is 1. The van der Waals surface area contributed by atoms with E-state index in [1.54, 1.807) is 4.90 Å². The first-order valence-electron chi connectivity index (χ1n) is 7.20. The van der Waals surface area contributed by atoms with Crippen molar-refractivity contribution in [2.75, 3.05) is 32.7 Å². The normalized spacial score (nSPS) is 14.9. The Morgan fingerprint density at radius 1 is 1.35 bits per heavy atom. The number of amides is 2. The van der Waals surface area contributed by atoms with Crippen molar-refractivity contribution in [1.29, 1.82) is 0 Å². The van der Waals surface area contributed by atoms with Gasteiger partial charge < -0.3 is 15.5 Å². The van der Waals surface area contributed by atoms with Crippen LogP contribution in [0.3, 0.4) is 0 Å². The molecule has 2 rings (SSSR count). The topological polar surface area (TPSA) is 105 Å². The molecule has 124 valence electrons. The smallest absolute Gasteiger partial charge is 0.283 e. The van der Waals surface area contributed by atoms with E-state index in [2.05, 4.69) is 10.6 Å². The van der Waals surface area contributed by atoms with Gasteiger partial charge in [-0.15, -0.1) is 0 Å². The van der Waals surface area contributed by atoms with Crippen molar-refractivity contribution in [2.24, 2.45) is 0 Å².